The van der Waals surface area contributed by atoms with Gasteiger partial charge in [-0.05, 0) is 48.8 Å². The van der Waals surface area contributed by atoms with Gasteiger partial charge in [0, 0.05) is 41.5 Å². The zero-order valence-corrected chi connectivity index (χ0v) is 16.8. The van der Waals surface area contributed by atoms with E-state index >= 15 is 0 Å². The predicted octanol–water partition coefficient (Wildman–Crippen LogP) is 4.95. The predicted molar refractivity (Wildman–Crippen MR) is 104 cm³/mol. The number of carbonyl (C=O) groups excluding carboxylic acids is 1. The zero-order valence-electron chi connectivity index (χ0n) is 15.2. The normalized spacial score (nSPS) is 15.0. The number of furan rings is 1. The lowest BCUT2D eigenvalue weighted by molar-refractivity contribution is 0.00790. The van der Waals surface area contributed by atoms with Gasteiger partial charge in [-0.2, -0.15) is 5.26 Å². The molecule has 2 aromatic heterocycles. The molecule has 0 atom stereocenters. The standard InChI is InChI=1S/C20H18BrN3O3/c1-20(2,3)27-19(25)24-9-13(10-24)15-5-4-11-6-12-7-14(8-22)26-18(12)16(21)17(11)23-15/h4-7,13H,9-10H2,1-3H3. The van der Waals surface area contributed by atoms with E-state index in [9.17, 15) is 4.79 Å². The maximum absolute atomic E-state index is 12.1. The lowest BCUT2D eigenvalue weighted by Gasteiger charge is -2.39. The van der Waals surface area contributed by atoms with Crippen LogP contribution in [-0.2, 0) is 4.74 Å². The van der Waals surface area contributed by atoms with E-state index in [4.69, 9.17) is 19.4 Å². The molecule has 7 heteroatoms. The lowest BCUT2D eigenvalue weighted by atomic mass is 9.95. The van der Waals surface area contributed by atoms with Gasteiger partial charge in [-0.1, -0.05) is 6.07 Å². The average molecular weight is 428 g/mol. The van der Waals surface area contributed by atoms with Gasteiger partial charge in [-0.25, -0.2) is 4.79 Å². The minimum Gasteiger partial charge on any atom is -0.444 e. The van der Waals surface area contributed by atoms with E-state index < -0.39 is 5.60 Å². The smallest absolute Gasteiger partial charge is 0.410 e. The Balaban J connectivity index is 1.59. The van der Waals surface area contributed by atoms with Crippen LogP contribution in [-0.4, -0.2) is 34.7 Å². The van der Waals surface area contributed by atoms with E-state index in [1.807, 2.05) is 45.0 Å². The maximum atomic E-state index is 12.1. The Morgan fingerprint density at radius 1 is 1.33 bits per heavy atom. The molecule has 0 radical (unpaired) electrons. The number of nitriles is 1. The van der Waals surface area contributed by atoms with Gasteiger partial charge in [0.25, 0.3) is 0 Å². The Morgan fingerprint density at radius 2 is 2.07 bits per heavy atom. The van der Waals surface area contributed by atoms with Gasteiger partial charge in [0.1, 0.15) is 11.7 Å². The molecular weight excluding hydrogens is 410 g/mol. The number of amides is 1. The number of pyridine rings is 1. The molecule has 1 fully saturated rings. The molecule has 138 valence electrons. The van der Waals surface area contributed by atoms with E-state index in [-0.39, 0.29) is 17.8 Å². The second-order valence-electron chi connectivity index (χ2n) is 7.72. The molecule has 3 heterocycles. The Hall–Kier alpha value is -2.59. The van der Waals surface area contributed by atoms with Crippen LogP contribution in [0.2, 0.25) is 0 Å². The molecule has 0 bridgehead atoms. The summed E-state index contributed by atoms with van der Waals surface area (Å²) in [5, 5.41) is 10.9. The van der Waals surface area contributed by atoms with E-state index in [1.165, 1.54) is 0 Å². The highest BCUT2D eigenvalue weighted by atomic mass is 79.9. The van der Waals surface area contributed by atoms with Gasteiger partial charge in [-0.15, -0.1) is 0 Å². The summed E-state index contributed by atoms with van der Waals surface area (Å²) in [5.41, 5.74) is 1.84. The van der Waals surface area contributed by atoms with Crippen LogP contribution in [0, 0.1) is 11.3 Å². The molecule has 1 saturated heterocycles. The minimum absolute atomic E-state index is 0.177. The van der Waals surface area contributed by atoms with Crippen molar-refractivity contribution in [2.24, 2.45) is 0 Å². The third-order valence-corrected chi connectivity index (χ3v) is 5.22. The summed E-state index contributed by atoms with van der Waals surface area (Å²) in [5.74, 6) is 0.448. The number of hydrogen-bond donors (Lipinski definition) is 0. The largest absolute Gasteiger partial charge is 0.444 e. The molecule has 0 N–H and O–H groups in total. The van der Waals surface area contributed by atoms with Crippen LogP contribution in [0.3, 0.4) is 0 Å². The van der Waals surface area contributed by atoms with Crippen molar-refractivity contribution < 1.29 is 13.9 Å². The molecule has 1 aromatic carbocycles. The molecular formula is C20H18BrN3O3. The molecule has 0 unspecified atom stereocenters. The molecule has 1 amide bonds. The number of benzene rings is 1. The van der Waals surface area contributed by atoms with Gasteiger partial charge in [0.2, 0.25) is 5.76 Å². The van der Waals surface area contributed by atoms with Crippen molar-refractivity contribution in [1.29, 1.82) is 5.26 Å². The lowest BCUT2D eigenvalue weighted by Crippen LogP contribution is -2.50. The molecule has 0 saturated carbocycles. The molecule has 0 aliphatic carbocycles. The monoisotopic (exact) mass is 427 g/mol. The molecule has 27 heavy (non-hydrogen) atoms. The minimum atomic E-state index is -0.495. The number of aromatic nitrogens is 1. The van der Waals surface area contributed by atoms with Crippen molar-refractivity contribution in [2.45, 2.75) is 32.3 Å². The van der Waals surface area contributed by atoms with E-state index in [0.717, 1.165) is 26.5 Å². The van der Waals surface area contributed by atoms with Gasteiger partial charge in [-0.3, -0.25) is 4.98 Å². The Bertz CT molecular complexity index is 1100. The van der Waals surface area contributed by atoms with Crippen LogP contribution in [0.25, 0.3) is 21.9 Å². The number of rotatable bonds is 1. The van der Waals surface area contributed by atoms with Crippen LogP contribution >= 0.6 is 15.9 Å². The first-order valence-corrected chi connectivity index (χ1v) is 9.45. The summed E-state index contributed by atoms with van der Waals surface area (Å²) in [4.78, 5) is 18.6. The fraction of sp³-hybridized carbons (Fsp3) is 0.350. The SMILES string of the molecule is CC(C)(C)OC(=O)N1CC(c2ccc3cc4cc(C#N)oc4c(Br)c3n2)C1. The van der Waals surface area contributed by atoms with Crippen molar-refractivity contribution >= 4 is 43.9 Å². The first-order valence-electron chi connectivity index (χ1n) is 8.66. The van der Waals surface area contributed by atoms with Crippen molar-refractivity contribution in [3.05, 3.63) is 40.2 Å². The summed E-state index contributed by atoms with van der Waals surface area (Å²) in [6, 6.07) is 9.70. The first kappa shape index (κ1) is 17.8. The first-order chi connectivity index (χ1) is 12.7. The van der Waals surface area contributed by atoms with Crippen LogP contribution in [0.4, 0.5) is 4.79 Å². The van der Waals surface area contributed by atoms with Crippen molar-refractivity contribution in [3.63, 3.8) is 0 Å². The van der Waals surface area contributed by atoms with Gasteiger partial charge in [0.15, 0.2) is 5.58 Å². The van der Waals surface area contributed by atoms with Crippen LogP contribution in [0.15, 0.2) is 33.2 Å². The number of likely N-dealkylation sites (tertiary alicyclic amines) is 1. The number of hydrogen-bond acceptors (Lipinski definition) is 5. The summed E-state index contributed by atoms with van der Waals surface area (Å²) in [7, 11) is 0. The number of ether oxygens (including phenoxy) is 1. The summed E-state index contributed by atoms with van der Waals surface area (Å²) in [6.45, 7) is 6.76. The van der Waals surface area contributed by atoms with Gasteiger partial charge < -0.3 is 14.1 Å². The van der Waals surface area contributed by atoms with E-state index in [2.05, 4.69) is 15.9 Å². The maximum Gasteiger partial charge on any atom is 0.410 e. The number of carbonyl (C=O) groups is 1. The molecule has 4 rings (SSSR count). The summed E-state index contributed by atoms with van der Waals surface area (Å²) in [6.07, 6.45) is -0.290. The van der Waals surface area contributed by atoms with Crippen molar-refractivity contribution in [2.75, 3.05) is 13.1 Å². The van der Waals surface area contributed by atoms with E-state index in [0.29, 0.717) is 18.7 Å². The number of halogens is 1. The molecule has 6 nitrogen and oxygen atoms in total. The van der Waals surface area contributed by atoms with Crippen LogP contribution < -0.4 is 0 Å². The summed E-state index contributed by atoms with van der Waals surface area (Å²) < 4.78 is 11.7. The number of fused-ring (bicyclic) bond motifs is 2. The van der Waals surface area contributed by atoms with Gasteiger partial charge >= 0.3 is 6.09 Å². The third-order valence-electron chi connectivity index (χ3n) is 4.49. The third kappa shape index (κ3) is 3.26. The van der Waals surface area contributed by atoms with Crippen molar-refractivity contribution in [3.8, 4) is 6.07 Å². The topological polar surface area (TPSA) is 79.4 Å². The molecule has 1 aliphatic heterocycles. The highest BCUT2D eigenvalue weighted by molar-refractivity contribution is 9.10. The van der Waals surface area contributed by atoms with Gasteiger partial charge in [0.05, 0.1) is 9.99 Å². The van der Waals surface area contributed by atoms with Crippen LogP contribution in [0.1, 0.15) is 38.1 Å². The zero-order chi connectivity index (χ0) is 19.3. The molecule has 0 spiro atoms. The number of nitrogens with zero attached hydrogens (tertiary/aromatic N) is 3. The fourth-order valence-corrected chi connectivity index (χ4v) is 3.79. The Labute approximate surface area is 164 Å². The highest BCUT2D eigenvalue weighted by Gasteiger charge is 2.35. The van der Waals surface area contributed by atoms with Crippen molar-refractivity contribution in [1.82, 2.24) is 9.88 Å². The second-order valence-corrected chi connectivity index (χ2v) is 8.51. The highest BCUT2D eigenvalue weighted by Crippen LogP contribution is 2.35. The molecule has 1 aliphatic rings. The average Bonchev–Trinajstić information content (AvgIpc) is 2.96. The fourth-order valence-electron chi connectivity index (χ4n) is 3.16. The van der Waals surface area contributed by atoms with Crippen LogP contribution in [0.5, 0.6) is 0 Å². The Kier molecular flexibility index (Phi) is 4.11. The second kappa shape index (κ2) is 6.24. The quantitative estimate of drug-likeness (QED) is 0.548. The van der Waals surface area contributed by atoms with E-state index in [1.54, 1.807) is 11.0 Å². The Morgan fingerprint density at radius 3 is 2.74 bits per heavy atom. The summed E-state index contributed by atoms with van der Waals surface area (Å²) >= 11 is 3.57. The molecule has 3 aromatic rings.